The van der Waals surface area contributed by atoms with Gasteiger partial charge in [-0.25, -0.2) is 4.68 Å². The molecule has 4 rings (SSSR count). The molecule has 0 aliphatic rings. The van der Waals surface area contributed by atoms with Crippen LogP contribution in [-0.2, 0) is 5.75 Å². The van der Waals surface area contributed by atoms with Crippen LogP contribution in [0.25, 0.3) is 5.69 Å². The van der Waals surface area contributed by atoms with E-state index in [0.29, 0.717) is 10.7 Å². The first-order valence-corrected chi connectivity index (χ1v) is 10.1. The summed E-state index contributed by atoms with van der Waals surface area (Å²) in [6.07, 6.45) is 1.51. The highest BCUT2D eigenvalue weighted by Gasteiger charge is 2.13. The molecule has 0 bridgehead atoms. The van der Waals surface area contributed by atoms with E-state index < -0.39 is 0 Å². The van der Waals surface area contributed by atoms with Crippen LogP contribution in [0.1, 0.15) is 21.5 Å². The third-order valence-corrected chi connectivity index (χ3v) is 5.93. The smallest absolute Gasteiger partial charge is 0.257 e. The van der Waals surface area contributed by atoms with Crippen LogP contribution in [0, 0.1) is 6.92 Å². The molecule has 0 saturated heterocycles. The molecule has 10 heteroatoms. The molecule has 0 saturated carbocycles. The SMILES string of the molecule is Cc1cc(C(=O)Nc2nnc(SCc3ccccc3)s2)ccc1-n1cnnn1. The first kappa shape index (κ1) is 18.3. The number of aryl methyl sites for hydroxylation is 1. The molecule has 2 heterocycles. The van der Waals surface area contributed by atoms with Crippen molar-refractivity contribution in [3.63, 3.8) is 0 Å². The first-order chi connectivity index (χ1) is 13.7. The van der Waals surface area contributed by atoms with Gasteiger partial charge in [-0.2, -0.15) is 0 Å². The van der Waals surface area contributed by atoms with Crippen molar-refractivity contribution in [1.82, 2.24) is 30.4 Å². The highest BCUT2D eigenvalue weighted by atomic mass is 32.2. The Labute approximate surface area is 169 Å². The topological polar surface area (TPSA) is 98.5 Å². The molecule has 0 fully saturated rings. The van der Waals surface area contributed by atoms with Gasteiger partial charge >= 0.3 is 0 Å². The van der Waals surface area contributed by atoms with Crippen molar-refractivity contribution >= 4 is 34.1 Å². The van der Waals surface area contributed by atoms with Crippen LogP contribution < -0.4 is 5.32 Å². The van der Waals surface area contributed by atoms with E-state index in [9.17, 15) is 4.79 Å². The van der Waals surface area contributed by atoms with Crippen molar-refractivity contribution in [1.29, 1.82) is 0 Å². The molecular formula is C18H15N7OS2. The van der Waals surface area contributed by atoms with Crippen molar-refractivity contribution in [2.75, 3.05) is 5.32 Å². The molecule has 0 spiro atoms. The van der Waals surface area contributed by atoms with Gasteiger partial charge in [0.2, 0.25) is 5.13 Å². The zero-order chi connectivity index (χ0) is 19.3. The molecule has 28 heavy (non-hydrogen) atoms. The zero-order valence-corrected chi connectivity index (χ0v) is 16.4. The zero-order valence-electron chi connectivity index (χ0n) is 14.8. The number of carbonyl (C=O) groups is 1. The van der Waals surface area contributed by atoms with Gasteiger partial charge in [0, 0.05) is 11.3 Å². The second kappa shape index (κ2) is 8.28. The normalized spacial score (nSPS) is 10.8. The Morgan fingerprint density at radius 1 is 1.18 bits per heavy atom. The summed E-state index contributed by atoms with van der Waals surface area (Å²) in [6, 6.07) is 15.5. The molecule has 0 radical (unpaired) electrons. The van der Waals surface area contributed by atoms with Gasteiger partial charge in [-0.3, -0.25) is 10.1 Å². The van der Waals surface area contributed by atoms with Crippen molar-refractivity contribution in [2.45, 2.75) is 17.0 Å². The van der Waals surface area contributed by atoms with Gasteiger partial charge in [-0.05, 0) is 46.7 Å². The Kier molecular flexibility index (Phi) is 5.40. The summed E-state index contributed by atoms with van der Waals surface area (Å²) in [4.78, 5) is 12.5. The molecular weight excluding hydrogens is 394 g/mol. The lowest BCUT2D eigenvalue weighted by atomic mass is 10.1. The summed E-state index contributed by atoms with van der Waals surface area (Å²) in [5.41, 5.74) is 3.45. The number of hydrogen-bond donors (Lipinski definition) is 1. The second-order valence-corrected chi connectivity index (χ2v) is 8.06. The first-order valence-electron chi connectivity index (χ1n) is 8.34. The van der Waals surface area contributed by atoms with E-state index in [1.165, 1.54) is 23.2 Å². The summed E-state index contributed by atoms with van der Waals surface area (Å²) in [6.45, 7) is 1.90. The van der Waals surface area contributed by atoms with Crippen LogP contribution >= 0.6 is 23.1 Å². The molecule has 8 nitrogen and oxygen atoms in total. The van der Waals surface area contributed by atoms with Crippen LogP contribution in [0.15, 0.2) is 59.2 Å². The number of hydrogen-bond acceptors (Lipinski definition) is 8. The highest BCUT2D eigenvalue weighted by Crippen LogP contribution is 2.28. The van der Waals surface area contributed by atoms with Gasteiger partial charge in [0.15, 0.2) is 4.34 Å². The predicted octanol–water partition coefficient (Wildman–Crippen LogP) is 3.37. The third kappa shape index (κ3) is 4.24. The van der Waals surface area contributed by atoms with E-state index >= 15 is 0 Å². The fourth-order valence-corrected chi connectivity index (χ4v) is 4.24. The number of benzene rings is 2. The Hall–Kier alpha value is -3.11. The van der Waals surface area contributed by atoms with Crippen LogP contribution in [-0.4, -0.2) is 36.3 Å². The van der Waals surface area contributed by atoms with Crippen LogP contribution in [0.5, 0.6) is 0 Å². The molecule has 0 atom stereocenters. The lowest BCUT2D eigenvalue weighted by Gasteiger charge is -2.07. The maximum absolute atomic E-state index is 12.5. The van der Waals surface area contributed by atoms with Gasteiger partial charge in [-0.1, -0.05) is 53.4 Å². The lowest BCUT2D eigenvalue weighted by Crippen LogP contribution is -2.12. The Morgan fingerprint density at radius 2 is 2.04 bits per heavy atom. The minimum atomic E-state index is -0.234. The predicted molar refractivity (Wildman–Crippen MR) is 108 cm³/mol. The summed E-state index contributed by atoms with van der Waals surface area (Å²) in [7, 11) is 0. The Bertz CT molecular complexity index is 1080. The van der Waals surface area contributed by atoms with E-state index in [1.54, 1.807) is 28.6 Å². The van der Waals surface area contributed by atoms with Crippen molar-refractivity contribution in [3.8, 4) is 5.69 Å². The minimum absolute atomic E-state index is 0.234. The number of thioether (sulfide) groups is 1. The molecule has 140 valence electrons. The van der Waals surface area contributed by atoms with Crippen LogP contribution in [0.2, 0.25) is 0 Å². The minimum Gasteiger partial charge on any atom is -0.296 e. The van der Waals surface area contributed by atoms with Crippen molar-refractivity contribution in [2.24, 2.45) is 0 Å². The number of nitrogens with one attached hydrogen (secondary N) is 1. The molecule has 0 aliphatic heterocycles. The van der Waals surface area contributed by atoms with E-state index in [2.05, 4.69) is 43.2 Å². The lowest BCUT2D eigenvalue weighted by molar-refractivity contribution is 0.102. The number of amides is 1. The van der Waals surface area contributed by atoms with Crippen molar-refractivity contribution in [3.05, 3.63) is 71.5 Å². The number of anilines is 1. The largest absolute Gasteiger partial charge is 0.296 e. The molecule has 0 aliphatic carbocycles. The van der Waals surface area contributed by atoms with E-state index in [1.807, 2.05) is 31.2 Å². The van der Waals surface area contributed by atoms with E-state index in [-0.39, 0.29) is 5.91 Å². The number of rotatable bonds is 6. The molecule has 0 unspecified atom stereocenters. The van der Waals surface area contributed by atoms with Crippen molar-refractivity contribution < 1.29 is 4.79 Å². The molecule has 2 aromatic heterocycles. The van der Waals surface area contributed by atoms with Gasteiger partial charge in [0.25, 0.3) is 5.91 Å². The quantitative estimate of drug-likeness (QED) is 0.385. The Balaban J connectivity index is 1.40. The van der Waals surface area contributed by atoms with Gasteiger partial charge in [-0.15, -0.1) is 15.3 Å². The van der Waals surface area contributed by atoms with Crippen LogP contribution in [0.3, 0.4) is 0 Å². The standard InChI is InChI=1S/C18H15N7OS2/c1-12-9-14(7-8-15(12)25-11-19-23-24-25)16(26)20-17-21-22-18(28-17)27-10-13-5-3-2-4-6-13/h2-9,11H,10H2,1H3,(H,20,21,26). The van der Waals surface area contributed by atoms with E-state index in [4.69, 9.17) is 0 Å². The number of nitrogens with zero attached hydrogens (tertiary/aromatic N) is 6. The molecule has 1 amide bonds. The number of carbonyl (C=O) groups excluding carboxylic acids is 1. The van der Waals surface area contributed by atoms with Gasteiger partial charge < -0.3 is 0 Å². The monoisotopic (exact) mass is 409 g/mol. The maximum atomic E-state index is 12.5. The molecule has 2 aromatic carbocycles. The summed E-state index contributed by atoms with van der Waals surface area (Å²) in [5.74, 6) is 0.573. The summed E-state index contributed by atoms with van der Waals surface area (Å²) in [5, 5.41) is 22.6. The summed E-state index contributed by atoms with van der Waals surface area (Å²) >= 11 is 2.95. The fraction of sp³-hybridized carbons (Fsp3) is 0.111. The highest BCUT2D eigenvalue weighted by molar-refractivity contribution is 8.00. The average Bonchev–Trinajstić information content (AvgIpc) is 3.39. The second-order valence-electron chi connectivity index (χ2n) is 5.86. The molecule has 4 aromatic rings. The number of aromatic nitrogens is 6. The fourth-order valence-electron chi connectivity index (χ4n) is 2.53. The molecule has 1 N–H and O–H groups in total. The number of tetrazole rings is 1. The van der Waals surface area contributed by atoms with Gasteiger partial charge in [0.1, 0.15) is 6.33 Å². The average molecular weight is 410 g/mol. The summed E-state index contributed by atoms with van der Waals surface area (Å²) < 4.78 is 2.36. The Morgan fingerprint density at radius 3 is 2.79 bits per heavy atom. The van der Waals surface area contributed by atoms with Crippen LogP contribution in [0.4, 0.5) is 5.13 Å². The van der Waals surface area contributed by atoms with Gasteiger partial charge in [0.05, 0.1) is 5.69 Å². The maximum Gasteiger partial charge on any atom is 0.257 e. The third-order valence-electron chi connectivity index (χ3n) is 3.89. The van der Waals surface area contributed by atoms with E-state index in [0.717, 1.165) is 21.3 Å².